The molecule has 0 heterocycles. The van der Waals surface area contributed by atoms with Crippen molar-refractivity contribution in [3.05, 3.63) is 24.5 Å². The van der Waals surface area contributed by atoms with Gasteiger partial charge in [-0.3, -0.25) is 0 Å². The molecule has 0 rings (SSSR count). The van der Waals surface area contributed by atoms with Gasteiger partial charge in [0.1, 0.15) is 6.26 Å². The van der Waals surface area contributed by atoms with Gasteiger partial charge in [-0.05, 0) is 13.0 Å². The van der Waals surface area contributed by atoms with Gasteiger partial charge in [-0.1, -0.05) is 12.2 Å². The Kier molecular flexibility index (Phi) is 8.60. The SMILES string of the molecule is CC=CC=COS(=O)(=O)[O-].[Na+]. The summed E-state index contributed by atoms with van der Waals surface area (Å²) in [5.41, 5.74) is 0. The molecule has 0 spiro atoms. The Labute approximate surface area is 88.2 Å². The predicted octanol–water partition coefficient (Wildman–Crippen LogP) is -2.44. The molecule has 6 heteroatoms. The van der Waals surface area contributed by atoms with E-state index >= 15 is 0 Å². The third-order valence-electron chi connectivity index (χ3n) is 0.556. The van der Waals surface area contributed by atoms with Crippen LogP contribution in [-0.4, -0.2) is 13.0 Å². The van der Waals surface area contributed by atoms with Crippen molar-refractivity contribution < 1.29 is 46.7 Å². The maximum absolute atomic E-state index is 9.74. The zero-order valence-electron chi connectivity index (χ0n) is 6.35. The summed E-state index contributed by atoms with van der Waals surface area (Å²) in [7, 11) is -4.58. The molecule has 0 amide bonds. The summed E-state index contributed by atoms with van der Waals surface area (Å²) in [6.07, 6.45) is 5.31. The van der Waals surface area contributed by atoms with Gasteiger partial charge in [0.05, 0.1) is 0 Å². The van der Waals surface area contributed by atoms with Gasteiger partial charge in [-0.25, -0.2) is 8.42 Å². The quantitative estimate of drug-likeness (QED) is 0.161. The number of hydrogen-bond donors (Lipinski definition) is 0. The number of hydrogen-bond acceptors (Lipinski definition) is 4. The third kappa shape index (κ3) is 13.2. The predicted molar refractivity (Wildman–Crippen MR) is 34.7 cm³/mol. The molecule has 0 aliphatic heterocycles. The van der Waals surface area contributed by atoms with Crippen LogP contribution in [0.5, 0.6) is 0 Å². The van der Waals surface area contributed by atoms with Crippen molar-refractivity contribution in [2.75, 3.05) is 0 Å². The average Bonchev–Trinajstić information content (AvgIpc) is 1.78. The molecule has 0 aromatic carbocycles. The van der Waals surface area contributed by atoms with Crippen LogP contribution in [0.1, 0.15) is 6.92 Å². The van der Waals surface area contributed by atoms with E-state index in [1.54, 1.807) is 13.0 Å². The Morgan fingerprint density at radius 2 is 1.91 bits per heavy atom. The van der Waals surface area contributed by atoms with Gasteiger partial charge in [0.15, 0.2) is 0 Å². The molecular formula is C5H7NaO4S. The van der Waals surface area contributed by atoms with E-state index in [1.165, 1.54) is 12.2 Å². The first-order valence-corrected chi connectivity index (χ1v) is 3.81. The smallest absolute Gasteiger partial charge is 0.716 e. The molecule has 11 heavy (non-hydrogen) atoms. The third-order valence-corrected chi connectivity index (χ3v) is 0.902. The molecule has 0 aliphatic carbocycles. The van der Waals surface area contributed by atoms with E-state index in [9.17, 15) is 13.0 Å². The Morgan fingerprint density at radius 3 is 2.27 bits per heavy atom. The van der Waals surface area contributed by atoms with E-state index in [-0.39, 0.29) is 29.6 Å². The normalized spacial score (nSPS) is 11.8. The Balaban J connectivity index is 0. The summed E-state index contributed by atoms with van der Waals surface area (Å²) in [6.45, 7) is 1.75. The zero-order valence-corrected chi connectivity index (χ0v) is 9.17. The van der Waals surface area contributed by atoms with Crippen LogP contribution in [0.2, 0.25) is 0 Å². The standard InChI is InChI=1S/C5H8O4S.Na/c1-2-3-4-5-9-10(6,7)8;/h2-5H,1H3,(H,6,7,8);/q;+1/p-1. The summed E-state index contributed by atoms with van der Waals surface area (Å²) in [5, 5.41) is 0. The minimum atomic E-state index is -4.58. The van der Waals surface area contributed by atoms with Gasteiger partial charge in [0, 0.05) is 0 Å². The van der Waals surface area contributed by atoms with Crippen LogP contribution >= 0.6 is 0 Å². The van der Waals surface area contributed by atoms with Crippen molar-refractivity contribution in [2.24, 2.45) is 0 Å². The fourth-order valence-electron chi connectivity index (χ4n) is 0.257. The maximum Gasteiger partial charge on any atom is 1.00 e. The van der Waals surface area contributed by atoms with Crippen LogP contribution in [0.15, 0.2) is 24.5 Å². The second-order valence-electron chi connectivity index (χ2n) is 1.36. The fourth-order valence-corrected chi connectivity index (χ4v) is 0.457. The van der Waals surface area contributed by atoms with Gasteiger partial charge in [0.25, 0.3) is 10.4 Å². The van der Waals surface area contributed by atoms with Crippen LogP contribution in [-0.2, 0) is 14.6 Å². The fraction of sp³-hybridized carbons (Fsp3) is 0.200. The minimum absolute atomic E-state index is 0. The van der Waals surface area contributed by atoms with Gasteiger partial charge in [-0.15, -0.1) is 0 Å². The molecule has 0 aromatic rings. The maximum atomic E-state index is 9.74. The molecule has 0 aliphatic rings. The first-order chi connectivity index (χ1) is 4.56. The molecule has 0 unspecified atom stereocenters. The van der Waals surface area contributed by atoms with E-state index in [0.29, 0.717) is 0 Å². The molecule has 0 saturated heterocycles. The van der Waals surface area contributed by atoms with Crippen LogP contribution in [0.25, 0.3) is 0 Å². The van der Waals surface area contributed by atoms with E-state index in [4.69, 9.17) is 0 Å². The van der Waals surface area contributed by atoms with E-state index in [0.717, 1.165) is 6.26 Å². The Morgan fingerprint density at radius 1 is 1.36 bits per heavy atom. The summed E-state index contributed by atoms with van der Waals surface area (Å²) >= 11 is 0. The largest absolute Gasteiger partial charge is 1.00 e. The molecule has 4 nitrogen and oxygen atoms in total. The molecule has 0 saturated carbocycles. The van der Waals surface area contributed by atoms with Crippen molar-refractivity contribution >= 4 is 10.4 Å². The van der Waals surface area contributed by atoms with Gasteiger partial charge >= 0.3 is 29.6 Å². The molecular weight excluding hydrogens is 179 g/mol. The topological polar surface area (TPSA) is 66.4 Å². The second kappa shape index (κ2) is 6.87. The summed E-state index contributed by atoms with van der Waals surface area (Å²) in [6, 6.07) is 0. The van der Waals surface area contributed by atoms with Crippen molar-refractivity contribution in [3.8, 4) is 0 Å². The second-order valence-corrected chi connectivity index (χ2v) is 2.37. The van der Waals surface area contributed by atoms with Crippen LogP contribution in [0, 0.1) is 0 Å². The average molecular weight is 186 g/mol. The number of rotatable bonds is 3. The molecule has 0 N–H and O–H groups in total. The molecule has 0 radical (unpaired) electrons. The minimum Gasteiger partial charge on any atom is -0.716 e. The first kappa shape index (κ1) is 13.8. The van der Waals surface area contributed by atoms with Gasteiger partial charge in [-0.2, -0.15) is 0 Å². The van der Waals surface area contributed by atoms with Crippen LogP contribution in [0.4, 0.5) is 0 Å². The van der Waals surface area contributed by atoms with Crippen molar-refractivity contribution in [1.82, 2.24) is 0 Å². The van der Waals surface area contributed by atoms with Crippen LogP contribution < -0.4 is 29.6 Å². The zero-order chi connectivity index (χ0) is 8.04. The van der Waals surface area contributed by atoms with E-state index in [1.807, 2.05) is 0 Å². The first-order valence-electron chi connectivity index (χ1n) is 2.48. The van der Waals surface area contributed by atoms with Crippen molar-refractivity contribution in [1.29, 1.82) is 0 Å². The van der Waals surface area contributed by atoms with Crippen molar-refractivity contribution in [3.63, 3.8) is 0 Å². The molecule has 0 fully saturated rings. The summed E-state index contributed by atoms with van der Waals surface area (Å²) in [5.74, 6) is 0. The Bertz CT molecular complexity index is 229. The summed E-state index contributed by atoms with van der Waals surface area (Å²) < 4.78 is 32.9. The molecule has 0 bridgehead atoms. The molecule has 58 valence electrons. The monoisotopic (exact) mass is 186 g/mol. The van der Waals surface area contributed by atoms with Gasteiger partial charge < -0.3 is 8.74 Å². The molecule has 0 atom stereocenters. The van der Waals surface area contributed by atoms with Crippen LogP contribution in [0.3, 0.4) is 0 Å². The van der Waals surface area contributed by atoms with E-state index in [2.05, 4.69) is 4.18 Å². The Hall–Kier alpha value is 0.190. The van der Waals surface area contributed by atoms with Gasteiger partial charge in [0.2, 0.25) is 0 Å². The molecule has 0 aromatic heterocycles. The van der Waals surface area contributed by atoms with Crippen molar-refractivity contribution in [2.45, 2.75) is 6.92 Å². The van der Waals surface area contributed by atoms with E-state index < -0.39 is 10.4 Å². The number of allylic oxidation sites excluding steroid dienone is 3. The summed E-state index contributed by atoms with van der Waals surface area (Å²) in [4.78, 5) is 0.